The summed E-state index contributed by atoms with van der Waals surface area (Å²) in [5.41, 5.74) is 0. The van der Waals surface area contributed by atoms with E-state index in [0.29, 0.717) is 13.0 Å². The third-order valence-corrected chi connectivity index (χ3v) is 2.57. The number of hydroxylamine groups is 2. The first-order valence-corrected chi connectivity index (χ1v) is 6.18. The van der Waals surface area contributed by atoms with Crippen molar-refractivity contribution in [2.24, 2.45) is 0 Å². The minimum absolute atomic E-state index is 0.106. The average Bonchev–Trinajstić information content (AvgIpc) is 2.46. The molecule has 1 fully saturated rings. The van der Waals surface area contributed by atoms with E-state index in [1.165, 1.54) is 0 Å². The molecule has 1 atom stereocenters. The number of aliphatic hydroxyl groups excluding tert-OH is 1. The molecule has 1 aliphatic heterocycles. The number of hydrogen-bond donors (Lipinski definition) is 2. The molecule has 0 aromatic heterocycles. The second kappa shape index (κ2) is 8.81. The molecule has 2 N–H and O–H groups in total. The fourth-order valence-corrected chi connectivity index (χ4v) is 1.59. The fourth-order valence-electron chi connectivity index (χ4n) is 1.59. The van der Waals surface area contributed by atoms with Crippen LogP contribution < -0.4 is 5.32 Å². The Balaban J connectivity index is 2.51. The molecule has 19 heavy (non-hydrogen) atoms. The zero-order valence-electron chi connectivity index (χ0n) is 11.0. The Labute approximate surface area is 111 Å². The number of aliphatic hydroxyl groups is 1. The Morgan fingerprint density at radius 1 is 1.47 bits per heavy atom. The van der Waals surface area contributed by atoms with Gasteiger partial charge >= 0.3 is 11.9 Å². The minimum Gasteiger partial charge on any atom is -0.462 e. The van der Waals surface area contributed by atoms with Crippen LogP contribution in [0.1, 0.15) is 19.3 Å². The molecule has 0 spiro atoms. The SMILES string of the molecule is COC(=O)C(=O)N(CCNCO)OC1CCCCO1. The van der Waals surface area contributed by atoms with Gasteiger partial charge in [0.25, 0.3) is 0 Å². The second-order valence-electron chi connectivity index (χ2n) is 3.96. The highest BCUT2D eigenvalue weighted by molar-refractivity contribution is 6.32. The topological polar surface area (TPSA) is 97.3 Å². The van der Waals surface area contributed by atoms with Gasteiger partial charge in [0, 0.05) is 19.6 Å². The highest BCUT2D eigenvalue weighted by atomic mass is 16.8. The number of nitrogens with one attached hydrogen (secondary N) is 1. The van der Waals surface area contributed by atoms with Gasteiger partial charge < -0.3 is 14.6 Å². The maximum Gasteiger partial charge on any atom is 0.399 e. The molecule has 0 saturated carbocycles. The molecule has 110 valence electrons. The van der Waals surface area contributed by atoms with Crippen LogP contribution in [0, 0.1) is 0 Å². The summed E-state index contributed by atoms with van der Waals surface area (Å²) in [4.78, 5) is 28.3. The largest absolute Gasteiger partial charge is 0.462 e. The number of methoxy groups -OCH3 is 1. The van der Waals surface area contributed by atoms with Crippen LogP contribution in [0.3, 0.4) is 0 Å². The van der Waals surface area contributed by atoms with E-state index in [1.54, 1.807) is 0 Å². The third-order valence-electron chi connectivity index (χ3n) is 2.57. The molecule has 1 heterocycles. The summed E-state index contributed by atoms with van der Waals surface area (Å²) in [6.07, 6.45) is 2.03. The highest BCUT2D eigenvalue weighted by Gasteiger charge is 2.27. The molecule has 0 radical (unpaired) electrons. The summed E-state index contributed by atoms with van der Waals surface area (Å²) in [6.45, 7) is 0.736. The van der Waals surface area contributed by atoms with Crippen molar-refractivity contribution in [3.63, 3.8) is 0 Å². The molecular formula is C11H20N2O6. The Morgan fingerprint density at radius 3 is 2.84 bits per heavy atom. The summed E-state index contributed by atoms with van der Waals surface area (Å²) >= 11 is 0. The maximum absolute atomic E-state index is 11.7. The Hall–Kier alpha value is -1.22. The normalized spacial score (nSPS) is 18.9. The lowest BCUT2D eigenvalue weighted by Gasteiger charge is -2.28. The van der Waals surface area contributed by atoms with Crippen LogP contribution in [-0.2, 0) is 23.9 Å². The van der Waals surface area contributed by atoms with E-state index in [9.17, 15) is 9.59 Å². The van der Waals surface area contributed by atoms with E-state index < -0.39 is 18.2 Å². The van der Waals surface area contributed by atoms with Gasteiger partial charge in [-0.1, -0.05) is 0 Å². The van der Waals surface area contributed by atoms with Crippen LogP contribution in [0.2, 0.25) is 0 Å². The summed E-state index contributed by atoms with van der Waals surface area (Å²) in [7, 11) is 1.13. The molecule has 0 bridgehead atoms. The van der Waals surface area contributed by atoms with Crippen molar-refractivity contribution in [3.05, 3.63) is 0 Å². The molecule has 1 unspecified atom stereocenters. The van der Waals surface area contributed by atoms with Gasteiger partial charge in [-0.3, -0.25) is 10.1 Å². The highest BCUT2D eigenvalue weighted by Crippen LogP contribution is 2.15. The van der Waals surface area contributed by atoms with Gasteiger partial charge in [0.05, 0.1) is 20.4 Å². The molecule has 0 aliphatic carbocycles. The molecule has 1 saturated heterocycles. The Bertz CT molecular complexity index is 293. The van der Waals surface area contributed by atoms with E-state index in [4.69, 9.17) is 14.7 Å². The summed E-state index contributed by atoms with van der Waals surface area (Å²) in [6, 6.07) is 0. The molecule has 8 heteroatoms. The number of ether oxygens (including phenoxy) is 2. The molecule has 1 rings (SSSR count). The van der Waals surface area contributed by atoms with Crippen molar-refractivity contribution in [1.29, 1.82) is 0 Å². The molecule has 0 aromatic carbocycles. The number of carbonyl (C=O) groups excluding carboxylic acids is 2. The first-order chi connectivity index (χ1) is 9.19. The zero-order valence-corrected chi connectivity index (χ0v) is 11.0. The standard InChI is InChI=1S/C11H20N2O6/c1-17-11(16)10(15)13(6-5-12-8-14)19-9-4-2-3-7-18-9/h9,12,14H,2-8H2,1H3. The van der Waals surface area contributed by atoms with Crippen molar-refractivity contribution in [3.8, 4) is 0 Å². The number of rotatable bonds is 6. The minimum atomic E-state index is -1.00. The number of hydrogen-bond acceptors (Lipinski definition) is 7. The first-order valence-electron chi connectivity index (χ1n) is 6.18. The Kier molecular flexibility index (Phi) is 7.34. The number of carbonyl (C=O) groups is 2. The van der Waals surface area contributed by atoms with Gasteiger partial charge in [-0.15, -0.1) is 0 Å². The van der Waals surface area contributed by atoms with Gasteiger partial charge in [0.2, 0.25) is 0 Å². The van der Waals surface area contributed by atoms with Gasteiger partial charge in [-0.25, -0.2) is 14.7 Å². The summed E-state index contributed by atoms with van der Waals surface area (Å²) in [5, 5.41) is 12.1. The lowest BCUT2D eigenvalue weighted by atomic mass is 10.2. The number of esters is 1. The van der Waals surface area contributed by atoms with E-state index in [1.807, 2.05) is 0 Å². The van der Waals surface area contributed by atoms with Crippen LogP contribution in [-0.4, -0.2) is 61.9 Å². The van der Waals surface area contributed by atoms with E-state index >= 15 is 0 Å². The van der Waals surface area contributed by atoms with Crippen LogP contribution in [0.5, 0.6) is 0 Å². The van der Waals surface area contributed by atoms with Crippen molar-refractivity contribution in [1.82, 2.24) is 10.4 Å². The van der Waals surface area contributed by atoms with E-state index in [0.717, 1.165) is 25.0 Å². The summed E-state index contributed by atoms with van der Waals surface area (Å²) in [5.74, 6) is -1.89. The maximum atomic E-state index is 11.7. The molecule has 0 aromatic rings. The van der Waals surface area contributed by atoms with Crippen molar-refractivity contribution in [2.75, 3.05) is 33.5 Å². The van der Waals surface area contributed by atoms with Crippen LogP contribution in [0.15, 0.2) is 0 Å². The van der Waals surface area contributed by atoms with Crippen LogP contribution in [0.4, 0.5) is 0 Å². The number of amides is 1. The van der Waals surface area contributed by atoms with Crippen molar-refractivity contribution in [2.45, 2.75) is 25.6 Å². The Morgan fingerprint density at radius 2 is 2.26 bits per heavy atom. The molecule has 1 aliphatic rings. The second-order valence-corrected chi connectivity index (χ2v) is 3.96. The predicted octanol–water partition coefficient (Wildman–Crippen LogP) is -1.01. The smallest absolute Gasteiger partial charge is 0.399 e. The lowest BCUT2D eigenvalue weighted by molar-refractivity contribution is -0.279. The first kappa shape index (κ1) is 15.8. The van der Waals surface area contributed by atoms with E-state index in [2.05, 4.69) is 10.1 Å². The monoisotopic (exact) mass is 276 g/mol. The van der Waals surface area contributed by atoms with Crippen LogP contribution in [0.25, 0.3) is 0 Å². The average molecular weight is 276 g/mol. The van der Waals surface area contributed by atoms with Crippen molar-refractivity contribution >= 4 is 11.9 Å². The molecule has 8 nitrogen and oxygen atoms in total. The lowest BCUT2D eigenvalue weighted by Crippen LogP contribution is -2.44. The van der Waals surface area contributed by atoms with Crippen molar-refractivity contribution < 1.29 is 29.0 Å². The third kappa shape index (κ3) is 5.52. The van der Waals surface area contributed by atoms with Gasteiger partial charge in [0.15, 0.2) is 6.29 Å². The molecular weight excluding hydrogens is 256 g/mol. The van der Waals surface area contributed by atoms with Gasteiger partial charge in [-0.2, -0.15) is 0 Å². The molecule has 1 amide bonds. The summed E-state index contributed by atoms with van der Waals surface area (Å²) < 4.78 is 9.71. The predicted molar refractivity (Wildman–Crippen MR) is 63.5 cm³/mol. The van der Waals surface area contributed by atoms with Gasteiger partial charge in [-0.05, 0) is 12.8 Å². The van der Waals surface area contributed by atoms with Gasteiger partial charge in [0.1, 0.15) is 0 Å². The van der Waals surface area contributed by atoms with E-state index in [-0.39, 0.29) is 19.8 Å². The quantitative estimate of drug-likeness (QED) is 0.211. The zero-order chi connectivity index (χ0) is 14.1. The number of nitrogens with zero attached hydrogens (tertiary/aromatic N) is 1. The van der Waals surface area contributed by atoms with Crippen LogP contribution >= 0.6 is 0 Å². The fraction of sp³-hybridized carbons (Fsp3) is 0.818.